The van der Waals surface area contributed by atoms with Crippen molar-refractivity contribution < 1.29 is 19.1 Å². The molecule has 5 nitrogen and oxygen atoms in total. The summed E-state index contributed by atoms with van der Waals surface area (Å²) in [7, 11) is 0. The molecule has 1 amide bonds. The van der Waals surface area contributed by atoms with Crippen LogP contribution in [0.15, 0.2) is 0 Å². The van der Waals surface area contributed by atoms with Gasteiger partial charge in [-0.2, -0.15) is 0 Å². The van der Waals surface area contributed by atoms with E-state index >= 15 is 0 Å². The maximum Gasteiger partial charge on any atom is 0.408 e. The molecule has 124 valence electrons. The van der Waals surface area contributed by atoms with Crippen LogP contribution >= 0.6 is 0 Å². The Hall–Kier alpha value is -1.10. The summed E-state index contributed by atoms with van der Waals surface area (Å²) >= 11 is 0. The number of ether oxygens (including phenoxy) is 2. The van der Waals surface area contributed by atoms with Crippen LogP contribution in [0.3, 0.4) is 0 Å². The van der Waals surface area contributed by atoms with Crippen LogP contribution in [0.25, 0.3) is 0 Å². The molecule has 1 heterocycles. The van der Waals surface area contributed by atoms with E-state index in [1.807, 2.05) is 20.8 Å². The van der Waals surface area contributed by atoms with Gasteiger partial charge in [0, 0.05) is 0 Å². The lowest BCUT2D eigenvalue weighted by Crippen LogP contribution is -2.48. The van der Waals surface area contributed by atoms with Crippen molar-refractivity contribution in [2.45, 2.75) is 70.6 Å². The van der Waals surface area contributed by atoms with Gasteiger partial charge in [0.2, 0.25) is 0 Å². The maximum atomic E-state index is 12.6. The first-order valence-electron chi connectivity index (χ1n) is 8.34. The fourth-order valence-electron chi connectivity index (χ4n) is 3.67. The monoisotopic (exact) mass is 309 g/mol. The summed E-state index contributed by atoms with van der Waals surface area (Å²) in [5, 5.41) is 2.79. The summed E-state index contributed by atoms with van der Waals surface area (Å²) < 4.78 is 10.6. The molecule has 2 saturated carbocycles. The SMILES string of the molecule is CC(C)(C)OC(=O)N[C@@H](CC1CC2C[C@H]2C1)C(=O)[C@@]1(C)CO1. The number of Topliss-reactive ketones (excluding diaryl/α,β-unsaturated/α-hetero) is 1. The zero-order chi connectivity index (χ0) is 16.1. The summed E-state index contributed by atoms with van der Waals surface area (Å²) in [6, 6.07) is -0.496. The third-order valence-electron chi connectivity index (χ3n) is 5.02. The first kappa shape index (κ1) is 15.8. The van der Waals surface area contributed by atoms with E-state index in [2.05, 4.69) is 5.32 Å². The molecular formula is C17H27NO4. The highest BCUT2D eigenvalue weighted by Crippen LogP contribution is 2.55. The molecule has 3 fully saturated rings. The van der Waals surface area contributed by atoms with Gasteiger partial charge in [-0.15, -0.1) is 0 Å². The first-order valence-corrected chi connectivity index (χ1v) is 8.34. The summed E-state index contributed by atoms with van der Waals surface area (Å²) in [6.45, 7) is 7.71. The number of amides is 1. The zero-order valence-corrected chi connectivity index (χ0v) is 14.0. The van der Waals surface area contributed by atoms with Crippen molar-refractivity contribution in [2.24, 2.45) is 17.8 Å². The number of carbonyl (C=O) groups excluding carboxylic acids is 2. The van der Waals surface area contributed by atoms with Gasteiger partial charge < -0.3 is 14.8 Å². The maximum absolute atomic E-state index is 12.6. The summed E-state index contributed by atoms with van der Waals surface area (Å²) in [6.07, 6.45) is 3.95. The largest absolute Gasteiger partial charge is 0.444 e. The molecular weight excluding hydrogens is 282 g/mol. The second-order valence-corrected chi connectivity index (χ2v) is 8.41. The van der Waals surface area contributed by atoms with Crippen molar-refractivity contribution in [3.8, 4) is 0 Å². The fraction of sp³-hybridized carbons (Fsp3) is 0.882. The number of hydrogen-bond donors (Lipinski definition) is 1. The molecule has 1 saturated heterocycles. The second-order valence-electron chi connectivity index (χ2n) is 8.41. The molecule has 5 atom stereocenters. The van der Waals surface area contributed by atoms with Gasteiger partial charge in [0.1, 0.15) is 11.2 Å². The number of rotatable bonds is 5. The van der Waals surface area contributed by atoms with Gasteiger partial charge in [0.15, 0.2) is 5.78 Å². The number of nitrogens with one attached hydrogen (secondary N) is 1. The Kier molecular flexibility index (Phi) is 3.75. The van der Waals surface area contributed by atoms with Crippen LogP contribution in [0.4, 0.5) is 4.79 Å². The van der Waals surface area contributed by atoms with E-state index in [4.69, 9.17) is 9.47 Å². The van der Waals surface area contributed by atoms with Crippen molar-refractivity contribution in [1.82, 2.24) is 5.32 Å². The first-order chi connectivity index (χ1) is 10.2. The number of ketones is 1. The van der Waals surface area contributed by atoms with E-state index in [0.29, 0.717) is 18.9 Å². The van der Waals surface area contributed by atoms with Gasteiger partial charge in [0.25, 0.3) is 0 Å². The zero-order valence-electron chi connectivity index (χ0n) is 14.0. The van der Waals surface area contributed by atoms with E-state index in [0.717, 1.165) is 11.8 Å². The highest BCUT2D eigenvalue weighted by atomic mass is 16.6. The highest BCUT2D eigenvalue weighted by molar-refractivity contribution is 5.95. The number of hydrogen-bond acceptors (Lipinski definition) is 4. The quantitative estimate of drug-likeness (QED) is 0.793. The summed E-state index contributed by atoms with van der Waals surface area (Å²) in [5.41, 5.74) is -1.27. The summed E-state index contributed by atoms with van der Waals surface area (Å²) in [4.78, 5) is 24.7. The smallest absolute Gasteiger partial charge is 0.408 e. The Morgan fingerprint density at radius 2 is 1.86 bits per heavy atom. The lowest BCUT2D eigenvalue weighted by Gasteiger charge is -2.26. The lowest BCUT2D eigenvalue weighted by molar-refractivity contribution is -0.126. The Balaban J connectivity index is 1.60. The van der Waals surface area contributed by atoms with Gasteiger partial charge >= 0.3 is 6.09 Å². The van der Waals surface area contributed by atoms with Crippen LogP contribution in [0.5, 0.6) is 0 Å². The van der Waals surface area contributed by atoms with Crippen LogP contribution in [0.1, 0.15) is 53.4 Å². The standard InChI is InChI=1S/C17H27NO4/c1-16(2,3)22-15(20)18-13(14(19)17(4)9-21-17)7-10-5-11-8-12(11)6-10/h10-13H,5-9H2,1-4H3,(H,18,20)/t10?,11-,12?,13+,17-/m1/s1. The minimum atomic E-state index is -0.707. The molecule has 2 unspecified atom stereocenters. The average molecular weight is 309 g/mol. The van der Waals surface area contributed by atoms with Crippen LogP contribution in [0, 0.1) is 17.8 Å². The predicted octanol–water partition coefficient (Wildman–Crippen LogP) is 2.67. The third-order valence-corrected chi connectivity index (χ3v) is 5.02. The second kappa shape index (κ2) is 5.22. The molecule has 2 aliphatic carbocycles. The lowest BCUT2D eigenvalue weighted by atomic mass is 9.89. The van der Waals surface area contributed by atoms with Crippen molar-refractivity contribution in [2.75, 3.05) is 6.61 Å². The molecule has 22 heavy (non-hydrogen) atoms. The Morgan fingerprint density at radius 3 is 2.36 bits per heavy atom. The Labute approximate surface area is 132 Å². The minimum Gasteiger partial charge on any atom is -0.444 e. The van der Waals surface area contributed by atoms with Crippen molar-refractivity contribution in [3.05, 3.63) is 0 Å². The fourth-order valence-corrected chi connectivity index (χ4v) is 3.67. The van der Waals surface area contributed by atoms with Crippen molar-refractivity contribution in [1.29, 1.82) is 0 Å². The van der Waals surface area contributed by atoms with E-state index in [9.17, 15) is 9.59 Å². The Bertz CT molecular complexity index is 468. The molecule has 1 N–H and O–H groups in total. The third kappa shape index (κ3) is 3.62. The van der Waals surface area contributed by atoms with Gasteiger partial charge in [-0.25, -0.2) is 4.79 Å². The van der Waals surface area contributed by atoms with Gasteiger partial charge in [-0.3, -0.25) is 4.79 Å². The number of epoxide rings is 1. The molecule has 0 aromatic heterocycles. The van der Waals surface area contributed by atoms with E-state index in [1.165, 1.54) is 19.3 Å². The van der Waals surface area contributed by atoms with Crippen LogP contribution in [-0.4, -0.2) is 35.7 Å². The van der Waals surface area contributed by atoms with Crippen molar-refractivity contribution >= 4 is 11.9 Å². The van der Waals surface area contributed by atoms with Crippen LogP contribution < -0.4 is 5.32 Å². The Morgan fingerprint density at radius 1 is 1.27 bits per heavy atom. The highest BCUT2D eigenvalue weighted by Gasteiger charge is 2.52. The molecule has 0 spiro atoms. The molecule has 3 aliphatic rings. The molecule has 5 heteroatoms. The molecule has 0 aromatic rings. The van der Waals surface area contributed by atoms with Gasteiger partial charge in [-0.1, -0.05) is 0 Å². The summed E-state index contributed by atoms with van der Waals surface area (Å²) in [5.74, 6) is 2.26. The van der Waals surface area contributed by atoms with Crippen molar-refractivity contribution in [3.63, 3.8) is 0 Å². The number of alkyl carbamates (subject to hydrolysis) is 1. The topological polar surface area (TPSA) is 67.9 Å². The normalized spacial score (nSPS) is 37.2. The molecule has 0 aromatic carbocycles. The molecule has 3 rings (SSSR count). The van der Waals surface area contributed by atoms with Crippen LogP contribution in [-0.2, 0) is 14.3 Å². The van der Waals surface area contributed by atoms with E-state index in [-0.39, 0.29) is 5.78 Å². The molecule has 1 aliphatic heterocycles. The minimum absolute atomic E-state index is 0.0149. The predicted molar refractivity (Wildman–Crippen MR) is 81.5 cm³/mol. The molecule has 0 radical (unpaired) electrons. The van der Waals surface area contributed by atoms with Gasteiger partial charge in [-0.05, 0) is 71.1 Å². The number of carbonyl (C=O) groups is 2. The van der Waals surface area contributed by atoms with E-state index in [1.54, 1.807) is 6.92 Å². The average Bonchev–Trinajstić information content (AvgIpc) is 3.26. The number of fused-ring (bicyclic) bond motifs is 1. The van der Waals surface area contributed by atoms with Crippen LogP contribution in [0.2, 0.25) is 0 Å². The van der Waals surface area contributed by atoms with E-state index < -0.39 is 23.3 Å². The molecule has 0 bridgehead atoms. The van der Waals surface area contributed by atoms with Gasteiger partial charge in [0.05, 0.1) is 12.6 Å².